The van der Waals surface area contributed by atoms with Crippen molar-refractivity contribution in [3.05, 3.63) is 68.9 Å². The Labute approximate surface area is 118 Å². The van der Waals surface area contributed by atoms with E-state index in [0.717, 1.165) is 4.47 Å². The van der Waals surface area contributed by atoms with E-state index in [2.05, 4.69) is 15.9 Å². The van der Waals surface area contributed by atoms with Gasteiger partial charge < -0.3 is 0 Å². The van der Waals surface area contributed by atoms with Gasteiger partial charge in [0.15, 0.2) is 5.78 Å². The van der Waals surface area contributed by atoms with Crippen molar-refractivity contribution in [3.8, 4) is 0 Å². The second kappa shape index (κ2) is 5.63. The van der Waals surface area contributed by atoms with E-state index < -0.39 is 0 Å². The smallest absolute Gasteiger partial charge is 0.167 e. The van der Waals surface area contributed by atoms with Gasteiger partial charge in [-0.25, -0.2) is 4.39 Å². The molecule has 0 spiro atoms. The molecule has 2 aromatic carbocycles. The van der Waals surface area contributed by atoms with Crippen LogP contribution in [0.25, 0.3) is 0 Å². The number of hydrogen-bond acceptors (Lipinski definition) is 1. The predicted octanol–water partition coefficient (Wildman–Crippen LogP) is 4.67. The molecule has 0 saturated carbocycles. The van der Waals surface area contributed by atoms with Crippen molar-refractivity contribution in [2.75, 3.05) is 0 Å². The van der Waals surface area contributed by atoms with E-state index in [0.29, 0.717) is 16.1 Å². The van der Waals surface area contributed by atoms with Crippen LogP contribution in [0.5, 0.6) is 0 Å². The summed E-state index contributed by atoms with van der Waals surface area (Å²) >= 11 is 9.19. The highest BCUT2D eigenvalue weighted by Crippen LogP contribution is 2.23. The molecule has 2 aromatic rings. The number of rotatable bonds is 3. The Balaban J connectivity index is 2.19. The van der Waals surface area contributed by atoms with Crippen LogP contribution in [0.3, 0.4) is 0 Å². The van der Waals surface area contributed by atoms with Gasteiger partial charge in [-0.1, -0.05) is 29.8 Å². The molecule has 18 heavy (non-hydrogen) atoms. The number of carbonyl (C=O) groups excluding carboxylic acids is 1. The summed E-state index contributed by atoms with van der Waals surface area (Å²) in [4.78, 5) is 12.0. The Bertz CT molecular complexity index is 598. The Morgan fingerprint density at radius 1 is 1.22 bits per heavy atom. The zero-order chi connectivity index (χ0) is 13.1. The largest absolute Gasteiger partial charge is 0.294 e. The molecular weight excluding hydrogens is 319 g/mol. The molecule has 0 fully saturated rings. The number of ketones is 1. The molecule has 0 heterocycles. The van der Waals surface area contributed by atoms with Crippen LogP contribution in [-0.2, 0) is 6.42 Å². The van der Waals surface area contributed by atoms with E-state index >= 15 is 0 Å². The van der Waals surface area contributed by atoms with Crippen LogP contribution in [0.1, 0.15) is 15.9 Å². The van der Waals surface area contributed by atoms with E-state index in [4.69, 9.17) is 11.6 Å². The Morgan fingerprint density at radius 2 is 2.00 bits per heavy atom. The summed E-state index contributed by atoms with van der Waals surface area (Å²) in [6, 6.07) is 11.0. The van der Waals surface area contributed by atoms with Crippen molar-refractivity contribution in [1.29, 1.82) is 0 Å². The number of benzene rings is 2. The molecule has 0 aliphatic heterocycles. The molecule has 4 heteroatoms. The molecule has 0 aliphatic carbocycles. The summed E-state index contributed by atoms with van der Waals surface area (Å²) in [6.07, 6.45) is 0.162. The zero-order valence-electron chi connectivity index (χ0n) is 9.29. The van der Waals surface area contributed by atoms with Crippen molar-refractivity contribution in [2.45, 2.75) is 6.42 Å². The molecule has 92 valence electrons. The van der Waals surface area contributed by atoms with Gasteiger partial charge in [0.1, 0.15) is 5.82 Å². The number of hydrogen-bond donors (Lipinski definition) is 0. The minimum Gasteiger partial charge on any atom is -0.294 e. The van der Waals surface area contributed by atoms with E-state index in [-0.39, 0.29) is 18.0 Å². The summed E-state index contributed by atoms with van der Waals surface area (Å²) in [7, 11) is 0. The van der Waals surface area contributed by atoms with Gasteiger partial charge in [0.25, 0.3) is 0 Å². The number of halogens is 3. The normalized spacial score (nSPS) is 10.4. The fourth-order valence-corrected chi connectivity index (χ4v) is 2.03. The van der Waals surface area contributed by atoms with Crippen molar-refractivity contribution in [2.24, 2.45) is 0 Å². The SMILES string of the molecule is O=C(Cc1cccc(F)c1)c1ccc(Br)c(Cl)c1. The van der Waals surface area contributed by atoms with Gasteiger partial charge in [0.2, 0.25) is 0 Å². The van der Waals surface area contributed by atoms with Crippen molar-refractivity contribution in [1.82, 2.24) is 0 Å². The van der Waals surface area contributed by atoms with E-state index in [9.17, 15) is 9.18 Å². The Morgan fingerprint density at radius 3 is 2.67 bits per heavy atom. The summed E-state index contributed by atoms with van der Waals surface area (Å²) in [5.74, 6) is -0.427. The third kappa shape index (κ3) is 3.18. The molecule has 0 saturated heterocycles. The number of carbonyl (C=O) groups is 1. The zero-order valence-corrected chi connectivity index (χ0v) is 11.6. The molecule has 1 nitrogen and oxygen atoms in total. The average Bonchev–Trinajstić information content (AvgIpc) is 2.32. The lowest BCUT2D eigenvalue weighted by Crippen LogP contribution is -2.03. The predicted molar refractivity (Wildman–Crippen MR) is 73.6 cm³/mol. The highest BCUT2D eigenvalue weighted by molar-refractivity contribution is 9.10. The lowest BCUT2D eigenvalue weighted by Gasteiger charge is -2.03. The van der Waals surface area contributed by atoms with Gasteiger partial charge in [-0.15, -0.1) is 0 Å². The molecular formula is C14H9BrClFO. The van der Waals surface area contributed by atoms with Gasteiger partial charge in [-0.05, 0) is 45.8 Å². The molecule has 0 bridgehead atoms. The fourth-order valence-electron chi connectivity index (χ4n) is 1.60. The third-order valence-electron chi connectivity index (χ3n) is 2.50. The first kappa shape index (κ1) is 13.2. The minimum absolute atomic E-state index is 0.0880. The Kier molecular flexibility index (Phi) is 4.15. The second-order valence-corrected chi connectivity index (χ2v) is 5.12. The Hall–Kier alpha value is -1.19. The third-order valence-corrected chi connectivity index (χ3v) is 3.73. The highest BCUT2D eigenvalue weighted by atomic mass is 79.9. The quantitative estimate of drug-likeness (QED) is 0.749. The summed E-state index contributed by atoms with van der Waals surface area (Å²) in [5.41, 5.74) is 1.17. The van der Waals surface area contributed by atoms with Gasteiger partial charge in [0, 0.05) is 16.5 Å². The van der Waals surface area contributed by atoms with Crippen molar-refractivity contribution in [3.63, 3.8) is 0 Å². The van der Waals surface area contributed by atoms with Crippen LogP contribution in [0.2, 0.25) is 5.02 Å². The van der Waals surface area contributed by atoms with Crippen LogP contribution in [-0.4, -0.2) is 5.78 Å². The van der Waals surface area contributed by atoms with Gasteiger partial charge in [-0.3, -0.25) is 4.79 Å². The van der Waals surface area contributed by atoms with E-state index in [1.807, 2.05) is 0 Å². The molecule has 0 atom stereocenters. The van der Waals surface area contributed by atoms with Gasteiger partial charge >= 0.3 is 0 Å². The van der Waals surface area contributed by atoms with E-state index in [1.165, 1.54) is 12.1 Å². The molecule has 0 aromatic heterocycles. The first-order chi connectivity index (χ1) is 8.56. The van der Waals surface area contributed by atoms with Crippen molar-refractivity contribution < 1.29 is 9.18 Å². The first-order valence-corrected chi connectivity index (χ1v) is 6.46. The maximum absolute atomic E-state index is 13.0. The first-order valence-electron chi connectivity index (χ1n) is 5.29. The number of Topliss-reactive ketones (excluding diaryl/α,β-unsaturated/α-hetero) is 1. The topological polar surface area (TPSA) is 17.1 Å². The fraction of sp³-hybridized carbons (Fsp3) is 0.0714. The second-order valence-electron chi connectivity index (χ2n) is 3.86. The van der Waals surface area contributed by atoms with E-state index in [1.54, 1.807) is 30.3 Å². The van der Waals surface area contributed by atoms with Crippen LogP contribution < -0.4 is 0 Å². The van der Waals surface area contributed by atoms with Gasteiger partial charge in [-0.2, -0.15) is 0 Å². The van der Waals surface area contributed by atoms with Crippen LogP contribution in [0.15, 0.2) is 46.9 Å². The maximum Gasteiger partial charge on any atom is 0.167 e. The van der Waals surface area contributed by atoms with Gasteiger partial charge in [0.05, 0.1) is 5.02 Å². The monoisotopic (exact) mass is 326 g/mol. The molecule has 0 amide bonds. The lowest BCUT2D eigenvalue weighted by atomic mass is 10.0. The summed E-state index contributed by atoms with van der Waals surface area (Å²) in [6.45, 7) is 0. The standard InChI is InChI=1S/C14H9BrClFO/c15-12-5-4-10(8-13(12)16)14(18)7-9-2-1-3-11(17)6-9/h1-6,8H,7H2. The highest BCUT2D eigenvalue weighted by Gasteiger charge is 2.09. The molecule has 0 N–H and O–H groups in total. The van der Waals surface area contributed by atoms with Crippen LogP contribution in [0, 0.1) is 5.82 Å². The van der Waals surface area contributed by atoms with Crippen LogP contribution in [0.4, 0.5) is 4.39 Å². The summed E-state index contributed by atoms with van der Waals surface area (Å²) in [5, 5.41) is 0.486. The molecule has 0 radical (unpaired) electrons. The molecule has 0 unspecified atom stereocenters. The average molecular weight is 328 g/mol. The van der Waals surface area contributed by atoms with Crippen molar-refractivity contribution >= 4 is 33.3 Å². The molecule has 2 rings (SSSR count). The maximum atomic E-state index is 13.0. The van der Waals surface area contributed by atoms with Crippen LogP contribution >= 0.6 is 27.5 Å². The summed E-state index contributed by atoms with van der Waals surface area (Å²) < 4.78 is 13.7. The lowest BCUT2D eigenvalue weighted by molar-refractivity contribution is 0.0993. The molecule has 0 aliphatic rings. The minimum atomic E-state index is -0.339.